The molecule has 134 valence electrons. The summed E-state index contributed by atoms with van der Waals surface area (Å²) in [6.07, 6.45) is 11.4. The molecule has 4 heteroatoms. The molecule has 0 aliphatic rings. The van der Waals surface area contributed by atoms with Crippen LogP contribution in [-0.4, -0.2) is 25.5 Å². The Balaban J connectivity index is 2.49. The Labute approximate surface area is 149 Å². The van der Waals surface area contributed by atoms with E-state index in [1.807, 2.05) is 38.2 Å². The number of allylic oxidation sites excluding steroid dienone is 4. The average Bonchev–Trinajstić information content (AvgIpc) is 2.58. The Kier molecular flexibility index (Phi) is 9.87. The maximum atomic E-state index is 14.0. The Bertz CT molecular complexity index is 656. The van der Waals surface area contributed by atoms with Crippen LogP contribution in [0.3, 0.4) is 0 Å². The predicted molar refractivity (Wildman–Crippen MR) is 102 cm³/mol. The first kappa shape index (κ1) is 20.6. The molecule has 1 N–H and O–H groups in total. The van der Waals surface area contributed by atoms with Crippen molar-refractivity contribution >= 4 is 5.78 Å². The number of rotatable bonds is 11. The molecule has 0 saturated heterocycles. The van der Waals surface area contributed by atoms with Gasteiger partial charge >= 0.3 is 0 Å². The Morgan fingerprint density at radius 1 is 1.32 bits per heavy atom. The van der Waals surface area contributed by atoms with Crippen LogP contribution in [0.4, 0.5) is 4.39 Å². The van der Waals surface area contributed by atoms with Crippen LogP contribution in [0.15, 0.2) is 66.8 Å². The second kappa shape index (κ2) is 12.0. The second-order valence-corrected chi connectivity index (χ2v) is 5.68. The number of hydrogen-bond donors (Lipinski definition) is 1. The summed E-state index contributed by atoms with van der Waals surface area (Å²) < 4.78 is 19.4. The summed E-state index contributed by atoms with van der Waals surface area (Å²) in [6, 6.07) is 4.24. The summed E-state index contributed by atoms with van der Waals surface area (Å²) in [5.41, 5.74) is 1.38. The Morgan fingerprint density at radius 3 is 2.80 bits per heavy atom. The van der Waals surface area contributed by atoms with Crippen LogP contribution in [0.5, 0.6) is 5.75 Å². The fourth-order valence-corrected chi connectivity index (χ4v) is 1.87. The maximum Gasteiger partial charge on any atom is 0.185 e. The van der Waals surface area contributed by atoms with E-state index in [4.69, 9.17) is 4.74 Å². The van der Waals surface area contributed by atoms with Gasteiger partial charge in [0.05, 0.1) is 0 Å². The van der Waals surface area contributed by atoms with Crippen LogP contribution < -0.4 is 10.1 Å². The molecule has 0 radical (unpaired) electrons. The van der Waals surface area contributed by atoms with Crippen LogP contribution in [0.2, 0.25) is 0 Å². The number of carbonyl (C=O) groups is 1. The standard InChI is InChI=1S/C21H26FNO2/c1-4-5-13-23-14-6-7-15-25-21-12-11-18(16-19(21)22)20(24)10-8-9-17(2)3/h4,6-12,16,23H,1,5,13-15H2,2-3H3. The van der Waals surface area contributed by atoms with E-state index in [0.717, 1.165) is 25.1 Å². The van der Waals surface area contributed by atoms with Gasteiger partial charge in [-0.1, -0.05) is 36.0 Å². The summed E-state index contributed by atoms with van der Waals surface area (Å²) in [5.74, 6) is -0.651. The number of ether oxygens (including phenoxy) is 1. The second-order valence-electron chi connectivity index (χ2n) is 5.68. The molecule has 0 amide bonds. The first-order valence-corrected chi connectivity index (χ1v) is 8.29. The number of halogens is 1. The zero-order valence-corrected chi connectivity index (χ0v) is 14.9. The topological polar surface area (TPSA) is 38.3 Å². The minimum atomic E-state index is -0.543. The number of hydrogen-bond acceptors (Lipinski definition) is 3. The van der Waals surface area contributed by atoms with E-state index < -0.39 is 5.82 Å². The molecular weight excluding hydrogens is 317 g/mol. The van der Waals surface area contributed by atoms with Crippen molar-refractivity contribution in [3.63, 3.8) is 0 Å². The van der Waals surface area contributed by atoms with E-state index in [-0.39, 0.29) is 18.1 Å². The smallest absolute Gasteiger partial charge is 0.185 e. The normalized spacial score (nSPS) is 11.0. The molecule has 0 atom stereocenters. The highest BCUT2D eigenvalue weighted by Gasteiger charge is 2.08. The van der Waals surface area contributed by atoms with E-state index in [9.17, 15) is 9.18 Å². The van der Waals surface area contributed by atoms with Crippen LogP contribution in [0, 0.1) is 5.82 Å². The van der Waals surface area contributed by atoms with Crippen LogP contribution in [0.1, 0.15) is 30.6 Å². The third-order valence-corrected chi connectivity index (χ3v) is 3.18. The number of benzene rings is 1. The van der Waals surface area contributed by atoms with E-state index in [0.29, 0.717) is 5.56 Å². The van der Waals surface area contributed by atoms with E-state index in [1.165, 1.54) is 18.2 Å². The highest BCUT2D eigenvalue weighted by atomic mass is 19.1. The Morgan fingerprint density at radius 2 is 2.12 bits per heavy atom. The fourth-order valence-electron chi connectivity index (χ4n) is 1.87. The lowest BCUT2D eigenvalue weighted by atomic mass is 10.1. The highest BCUT2D eigenvalue weighted by molar-refractivity contribution is 6.04. The minimum Gasteiger partial charge on any atom is -0.486 e. The van der Waals surface area contributed by atoms with Gasteiger partial charge in [-0.15, -0.1) is 6.58 Å². The predicted octanol–water partition coefficient (Wildman–Crippen LogP) is 4.63. The first-order valence-electron chi connectivity index (χ1n) is 8.29. The first-order chi connectivity index (χ1) is 12.0. The molecule has 0 saturated carbocycles. The van der Waals surface area contributed by atoms with E-state index in [2.05, 4.69) is 11.9 Å². The monoisotopic (exact) mass is 343 g/mol. The van der Waals surface area contributed by atoms with Crippen molar-refractivity contribution in [3.8, 4) is 5.75 Å². The number of nitrogens with one attached hydrogen (secondary N) is 1. The zero-order chi connectivity index (χ0) is 18.5. The van der Waals surface area contributed by atoms with Gasteiger partial charge < -0.3 is 10.1 Å². The lowest BCUT2D eigenvalue weighted by Crippen LogP contribution is -2.14. The molecule has 1 rings (SSSR count). The fraction of sp³-hybridized carbons (Fsp3) is 0.286. The summed E-state index contributed by atoms with van der Waals surface area (Å²) in [6.45, 7) is 9.40. The molecule has 0 fully saturated rings. The van der Waals surface area contributed by atoms with Gasteiger partial charge in [0.15, 0.2) is 17.3 Å². The van der Waals surface area contributed by atoms with Crippen LogP contribution >= 0.6 is 0 Å². The lowest BCUT2D eigenvalue weighted by molar-refractivity contribution is 0.104. The summed E-state index contributed by atoms with van der Waals surface area (Å²) >= 11 is 0. The van der Waals surface area contributed by atoms with Crippen molar-refractivity contribution in [2.45, 2.75) is 20.3 Å². The van der Waals surface area contributed by atoms with Crippen LogP contribution in [0.25, 0.3) is 0 Å². The third-order valence-electron chi connectivity index (χ3n) is 3.18. The largest absolute Gasteiger partial charge is 0.486 e. The molecule has 0 bridgehead atoms. The van der Waals surface area contributed by atoms with Gasteiger partial charge in [-0.25, -0.2) is 4.39 Å². The molecule has 1 aromatic carbocycles. The van der Waals surface area contributed by atoms with Gasteiger partial charge in [0.2, 0.25) is 0 Å². The van der Waals surface area contributed by atoms with Gasteiger partial charge in [0, 0.05) is 12.1 Å². The van der Waals surface area contributed by atoms with Crippen molar-refractivity contribution in [3.05, 3.63) is 78.2 Å². The van der Waals surface area contributed by atoms with Crippen molar-refractivity contribution in [2.75, 3.05) is 19.7 Å². The average molecular weight is 343 g/mol. The molecule has 3 nitrogen and oxygen atoms in total. The lowest BCUT2D eigenvalue weighted by Gasteiger charge is -2.06. The van der Waals surface area contributed by atoms with Crippen molar-refractivity contribution in [2.24, 2.45) is 0 Å². The molecule has 0 heterocycles. The third kappa shape index (κ3) is 8.82. The summed E-state index contributed by atoms with van der Waals surface area (Å²) in [7, 11) is 0. The quantitative estimate of drug-likeness (QED) is 0.209. The summed E-state index contributed by atoms with van der Waals surface area (Å²) in [5, 5.41) is 3.20. The zero-order valence-electron chi connectivity index (χ0n) is 14.9. The number of ketones is 1. The van der Waals surface area contributed by atoms with Gasteiger partial charge in [-0.2, -0.15) is 0 Å². The molecule has 0 unspecified atom stereocenters. The van der Waals surface area contributed by atoms with E-state index in [1.54, 1.807) is 12.1 Å². The van der Waals surface area contributed by atoms with Crippen LogP contribution in [-0.2, 0) is 0 Å². The molecule has 25 heavy (non-hydrogen) atoms. The molecular formula is C21H26FNO2. The minimum absolute atomic E-state index is 0.133. The molecule has 0 aromatic heterocycles. The summed E-state index contributed by atoms with van der Waals surface area (Å²) in [4.78, 5) is 11.9. The van der Waals surface area contributed by atoms with Gasteiger partial charge in [-0.05, 0) is 51.1 Å². The molecule has 0 spiro atoms. The van der Waals surface area contributed by atoms with Crippen molar-refractivity contribution < 1.29 is 13.9 Å². The molecule has 1 aromatic rings. The van der Waals surface area contributed by atoms with Gasteiger partial charge in [0.1, 0.15) is 6.61 Å². The molecule has 0 aliphatic carbocycles. The number of carbonyl (C=O) groups excluding carboxylic acids is 1. The van der Waals surface area contributed by atoms with Crippen molar-refractivity contribution in [1.29, 1.82) is 0 Å². The van der Waals surface area contributed by atoms with E-state index >= 15 is 0 Å². The molecule has 0 aliphatic heterocycles. The van der Waals surface area contributed by atoms with Gasteiger partial charge in [0.25, 0.3) is 0 Å². The van der Waals surface area contributed by atoms with Gasteiger partial charge in [-0.3, -0.25) is 4.79 Å². The SMILES string of the molecule is C=CCCNCC=CCOc1ccc(C(=O)C=CC=C(C)C)cc1F. The van der Waals surface area contributed by atoms with Crippen molar-refractivity contribution in [1.82, 2.24) is 5.32 Å². The maximum absolute atomic E-state index is 14.0. The highest BCUT2D eigenvalue weighted by Crippen LogP contribution is 2.19. The Hall–Kier alpha value is -2.46.